The molecule has 0 bridgehead atoms. The minimum Gasteiger partial charge on any atom is -0.497 e. The number of rotatable bonds is 4. The first-order chi connectivity index (χ1) is 8.61. The van der Waals surface area contributed by atoms with E-state index >= 15 is 0 Å². The van der Waals surface area contributed by atoms with Gasteiger partial charge in [0.15, 0.2) is 0 Å². The number of hydrogen-bond donors (Lipinski definition) is 1. The summed E-state index contributed by atoms with van der Waals surface area (Å²) in [5.74, 6) is 1.23. The lowest BCUT2D eigenvalue weighted by Gasteiger charge is -2.22. The maximum Gasteiger partial charge on any atom is 0.119 e. The molecular formula is C14H19BrO3. The van der Waals surface area contributed by atoms with E-state index in [0.717, 1.165) is 28.8 Å². The van der Waals surface area contributed by atoms with Crippen LogP contribution in [-0.2, 0) is 11.2 Å². The topological polar surface area (TPSA) is 38.7 Å². The highest BCUT2D eigenvalue weighted by Gasteiger charge is 2.31. The largest absolute Gasteiger partial charge is 0.497 e. The Hall–Kier alpha value is -0.580. The second kappa shape index (κ2) is 6.04. The summed E-state index contributed by atoms with van der Waals surface area (Å²) >= 11 is 3.50. The highest BCUT2D eigenvalue weighted by Crippen LogP contribution is 2.28. The number of hydrogen-bond acceptors (Lipinski definition) is 3. The standard InChI is InChI=1S/C14H19BrO3/c1-9-5-6-18-14(9)13(16)8-10-7-11(17-2)3-4-12(10)15/h3-4,7,9,13-14,16H,5-6,8H2,1-2H3. The Morgan fingerprint density at radius 1 is 1.56 bits per heavy atom. The SMILES string of the molecule is COc1ccc(Br)c(CC(O)C2OCCC2C)c1. The van der Waals surface area contributed by atoms with Crippen LogP contribution in [0.15, 0.2) is 22.7 Å². The molecule has 0 aliphatic carbocycles. The predicted molar refractivity (Wildman–Crippen MR) is 73.9 cm³/mol. The van der Waals surface area contributed by atoms with Gasteiger partial charge in [-0.15, -0.1) is 0 Å². The molecule has 1 aromatic carbocycles. The fourth-order valence-electron chi connectivity index (χ4n) is 2.38. The number of aliphatic hydroxyl groups excluding tert-OH is 1. The van der Waals surface area contributed by atoms with Crippen molar-refractivity contribution in [1.29, 1.82) is 0 Å². The molecule has 0 saturated carbocycles. The average Bonchev–Trinajstić information content (AvgIpc) is 2.78. The number of ether oxygens (including phenoxy) is 2. The zero-order chi connectivity index (χ0) is 13.1. The monoisotopic (exact) mass is 314 g/mol. The van der Waals surface area contributed by atoms with Crippen LogP contribution in [0.1, 0.15) is 18.9 Å². The molecule has 18 heavy (non-hydrogen) atoms. The lowest BCUT2D eigenvalue weighted by Crippen LogP contribution is -2.31. The van der Waals surface area contributed by atoms with E-state index in [0.29, 0.717) is 12.3 Å². The lowest BCUT2D eigenvalue weighted by molar-refractivity contribution is -0.0158. The summed E-state index contributed by atoms with van der Waals surface area (Å²) < 4.78 is 11.8. The van der Waals surface area contributed by atoms with Crippen molar-refractivity contribution >= 4 is 15.9 Å². The van der Waals surface area contributed by atoms with Crippen molar-refractivity contribution in [3.8, 4) is 5.75 Å². The van der Waals surface area contributed by atoms with E-state index in [1.807, 2.05) is 18.2 Å². The van der Waals surface area contributed by atoms with E-state index < -0.39 is 6.10 Å². The molecule has 3 atom stereocenters. The molecule has 0 amide bonds. The Morgan fingerprint density at radius 3 is 2.94 bits per heavy atom. The molecule has 1 aromatic rings. The number of benzene rings is 1. The molecule has 1 saturated heterocycles. The third-order valence-electron chi connectivity index (χ3n) is 3.51. The fourth-order valence-corrected chi connectivity index (χ4v) is 2.79. The highest BCUT2D eigenvalue weighted by atomic mass is 79.9. The predicted octanol–water partition coefficient (Wildman–Crippen LogP) is 2.79. The molecule has 2 rings (SSSR count). The third kappa shape index (κ3) is 3.05. The summed E-state index contributed by atoms with van der Waals surface area (Å²) in [6.07, 6.45) is 1.09. The van der Waals surface area contributed by atoms with Crippen LogP contribution >= 0.6 is 15.9 Å². The van der Waals surface area contributed by atoms with Crippen molar-refractivity contribution in [3.63, 3.8) is 0 Å². The van der Waals surface area contributed by atoms with Gasteiger partial charge in [0.2, 0.25) is 0 Å². The van der Waals surface area contributed by atoms with Crippen molar-refractivity contribution in [3.05, 3.63) is 28.2 Å². The van der Waals surface area contributed by atoms with Gasteiger partial charge >= 0.3 is 0 Å². The maximum atomic E-state index is 10.3. The minimum absolute atomic E-state index is 0.0527. The molecule has 4 heteroatoms. The van der Waals surface area contributed by atoms with Crippen LogP contribution in [0.2, 0.25) is 0 Å². The van der Waals surface area contributed by atoms with Gasteiger partial charge in [0, 0.05) is 17.5 Å². The molecule has 1 aliphatic heterocycles. The Morgan fingerprint density at radius 2 is 2.33 bits per heavy atom. The molecular weight excluding hydrogens is 296 g/mol. The Labute approximate surface area is 116 Å². The van der Waals surface area contributed by atoms with Gasteiger partial charge in [-0.2, -0.15) is 0 Å². The van der Waals surface area contributed by atoms with E-state index in [1.165, 1.54) is 0 Å². The van der Waals surface area contributed by atoms with Crippen molar-refractivity contribution in [2.45, 2.75) is 32.0 Å². The van der Waals surface area contributed by atoms with Crippen LogP contribution in [0.3, 0.4) is 0 Å². The first kappa shape index (κ1) is 13.8. The second-order valence-electron chi connectivity index (χ2n) is 4.83. The molecule has 1 fully saturated rings. The van der Waals surface area contributed by atoms with Crippen LogP contribution in [-0.4, -0.2) is 31.0 Å². The summed E-state index contributed by atoms with van der Waals surface area (Å²) in [5, 5.41) is 10.3. The smallest absolute Gasteiger partial charge is 0.119 e. The molecule has 0 aromatic heterocycles. The van der Waals surface area contributed by atoms with Gasteiger partial charge in [-0.1, -0.05) is 22.9 Å². The van der Waals surface area contributed by atoms with Gasteiger partial charge in [-0.25, -0.2) is 0 Å². The molecule has 3 nitrogen and oxygen atoms in total. The van der Waals surface area contributed by atoms with Gasteiger partial charge in [0.05, 0.1) is 19.3 Å². The summed E-state index contributed by atoms with van der Waals surface area (Å²) in [7, 11) is 1.64. The van der Waals surface area contributed by atoms with Gasteiger partial charge in [-0.3, -0.25) is 0 Å². The van der Waals surface area contributed by atoms with E-state index in [9.17, 15) is 5.11 Å². The van der Waals surface area contributed by atoms with Crippen molar-refractivity contribution in [2.24, 2.45) is 5.92 Å². The summed E-state index contributed by atoms with van der Waals surface area (Å²) in [5.41, 5.74) is 1.05. The molecule has 1 heterocycles. The third-order valence-corrected chi connectivity index (χ3v) is 4.28. The number of aliphatic hydroxyl groups is 1. The van der Waals surface area contributed by atoms with Gasteiger partial charge < -0.3 is 14.6 Å². The van der Waals surface area contributed by atoms with E-state index in [2.05, 4.69) is 22.9 Å². The number of methoxy groups -OCH3 is 1. The minimum atomic E-state index is -0.467. The van der Waals surface area contributed by atoms with Gasteiger partial charge in [0.1, 0.15) is 5.75 Å². The molecule has 0 radical (unpaired) electrons. The Balaban J connectivity index is 2.08. The van der Waals surface area contributed by atoms with Crippen molar-refractivity contribution < 1.29 is 14.6 Å². The zero-order valence-corrected chi connectivity index (χ0v) is 12.3. The van der Waals surface area contributed by atoms with Crippen LogP contribution in [0, 0.1) is 5.92 Å². The van der Waals surface area contributed by atoms with Gasteiger partial charge in [0.25, 0.3) is 0 Å². The molecule has 3 unspecified atom stereocenters. The molecule has 1 N–H and O–H groups in total. The first-order valence-corrected chi connectivity index (χ1v) is 7.03. The molecule has 100 valence electrons. The lowest BCUT2D eigenvalue weighted by atomic mass is 9.95. The van der Waals surface area contributed by atoms with Crippen molar-refractivity contribution in [1.82, 2.24) is 0 Å². The molecule has 0 spiro atoms. The van der Waals surface area contributed by atoms with E-state index in [-0.39, 0.29) is 6.10 Å². The zero-order valence-electron chi connectivity index (χ0n) is 10.7. The highest BCUT2D eigenvalue weighted by molar-refractivity contribution is 9.10. The number of halogens is 1. The Kier molecular flexibility index (Phi) is 4.65. The average molecular weight is 315 g/mol. The van der Waals surface area contributed by atoms with E-state index in [1.54, 1.807) is 7.11 Å². The fraction of sp³-hybridized carbons (Fsp3) is 0.571. The van der Waals surface area contributed by atoms with E-state index in [4.69, 9.17) is 9.47 Å². The summed E-state index contributed by atoms with van der Waals surface area (Å²) in [4.78, 5) is 0. The molecule has 1 aliphatic rings. The Bertz CT molecular complexity index is 408. The van der Waals surface area contributed by atoms with Crippen LogP contribution in [0.4, 0.5) is 0 Å². The normalized spacial score (nSPS) is 25.1. The van der Waals surface area contributed by atoms with Crippen LogP contribution in [0.25, 0.3) is 0 Å². The quantitative estimate of drug-likeness (QED) is 0.928. The second-order valence-corrected chi connectivity index (χ2v) is 5.68. The van der Waals surface area contributed by atoms with Crippen LogP contribution < -0.4 is 4.74 Å². The first-order valence-electron chi connectivity index (χ1n) is 6.24. The maximum absolute atomic E-state index is 10.3. The summed E-state index contributed by atoms with van der Waals surface area (Å²) in [6, 6.07) is 5.79. The van der Waals surface area contributed by atoms with Crippen molar-refractivity contribution in [2.75, 3.05) is 13.7 Å². The summed E-state index contributed by atoms with van der Waals surface area (Å²) in [6.45, 7) is 2.88. The van der Waals surface area contributed by atoms with Gasteiger partial charge in [-0.05, 0) is 36.1 Å². The van der Waals surface area contributed by atoms with Crippen LogP contribution in [0.5, 0.6) is 5.75 Å².